The molecule has 5 heteroatoms. The van der Waals surface area contributed by atoms with Gasteiger partial charge in [-0.2, -0.15) is 0 Å². The number of allylic oxidation sites excluding steroid dienone is 3. The molecule has 1 aliphatic carbocycles. The van der Waals surface area contributed by atoms with Crippen molar-refractivity contribution in [3.8, 4) is 0 Å². The molecule has 1 saturated carbocycles. The highest BCUT2D eigenvalue weighted by Gasteiger charge is 2.40. The molecule has 0 aromatic heterocycles. The van der Waals surface area contributed by atoms with E-state index >= 15 is 0 Å². The van der Waals surface area contributed by atoms with Gasteiger partial charge in [-0.25, -0.2) is 4.79 Å². The number of rotatable bonds is 19. The van der Waals surface area contributed by atoms with Crippen LogP contribution < -0.4 is 0 Å². The van der Waals surface area contributed by atoms with Gasteiger partial charge in [0.2, 0.25) is 0 Å². The van der Waals surface area contributed by atoms with Gasteiger partial charge in [-0.1, -0.05) is 70.8 Å². The summed E-state index contributed by atoms with van der Waals surface area (Å²) in [6.45, 7) is 7.54. The average molecular weight is 451 g/mol. The van der Waals surface area contributed by atoms with E-state index < -0.39 is 12.1 Å². The van der Waals surface area contributed by atoms with Crippen LogP contribution >= 0.6 is 0 Å². The van der Waals surface area contributed by atoms with Crippen molar-refractivity contribution >= 4 is 11.8 Å². The standard InChI is InChI=1S/C27H46O5/c1-4-7-9-10-11-13-17-23-22(24(28)21-26(23)31-19-6-3)16-14-12-15-18-25(27(29)30)32-20-8-5-2/h12-14,17,22-23,25-26H,4-11,15-16,18-21H2,1-3H3,(H,29,30)/b14-12-,17-13+/t22-,23-,25?,26-/m1/s1. The van der Waals surface area contributed by atoms with Crippen LogP contribution in [-0.4, -0.2) is 42.3 Å². The summed E-state index contributed by atoms with van der Waals surface area (Å²) >= 11 is 0. The molecule has 4 atom stereocenters. The Morgan fingerprint density at radius 3 is 2.47 bits per heavy atom. The van der Waals surface area contributed by atoms with Gasteiger partial charge in [0.05, 0.1) is 6.10 Å². The Morgan fingerprint density at radius 1 is 1.00 bits per heavy atom. The maximum absolute atomic E-state index is 12.7. The molecular formula is C27H46O5. The fraction of sp³-hybridized carbons (Fsp3) is 0.778. The highest BCUT2D eigenvalue weighted by Crippen LogP contribution is 2.35. The van der Waals surface area contributed by atoms with Crippen molar-refractivity contribution in [3.63, 3.8) is 0 Å². The van der Waals surface area contributed by atoms with E-state index in [1.807, 2.05) is 12.2 Å². The van der Waals surface area contributed by atoms with E-state index in [0.717, 1.165) is 25.7 Å². The summed E-state index contributed by atoms with van der Waals surface area (Å²) in [6, 6.07) is 0. The second-order valence-electron chi connectivity index (χ2n) is 8.88. The number of hydrogen-bond acceptors (Lipinski definition) is 4. The highest BCUT2D eigenvalue weighted by molar-refractivity contribution is 5.85. The fourth-order valence-corrected chi connectivity index (χ4v) is 4.14. The van der Waals surface area contributed by atoms with Crippen LogP contribution in [0.5, 0.6) is 0 Å². The van der Waals surface area contributed by atoms with Gasteiger partial charge in [-0.3, -0.25) is 4.79 Å². The molecule has 1 N–H and O–H groups in total. The van der Waals surface area contributed by atoms with Crippen molar-refractivity contribution in [3.05, 3.63) is 24.3 Å². The van der Waals surface area contributed by atoms with Crippen LogP contribution in [-0.2, 0) is 19.1 Å². The fourth-order valence-electron chi connectivity index (χ4n) is 4.14. The van der Waals surface area contributed by atoms with Crippen LogP contribution in [0.3, 0.4) is 0 Å². The molecule has 0 aliphatic heterocycles. The molecule has 0 aromatic rings. The molecule has 0 spiro atoms. The van der Waals surface area contributed by atoms with Crippen molar-refractivity contribution in [2.45, 2.75) is 110 Å². The van der Waals surface area contributed by atoms with Crippen molar-refractivity contribution in [1.82, 2.24) is 0 Å². The molecule has 0 amide bonds. The predicted octanol–water partition coefficient (Wildman–Crippen LogP) is 6.51. The second kappa shape index (κ2) is 18.0. The van der Waals surface area contributed by atoms with E-state index in [1.54, 1.807) is 0 Å². The van der Waals surface area contributed by atoms with E-state index in [4.69, 9.17) is 9.47 Å². The first-order chi connectivity index (χ1) is 15.5. The summed E-state index contributed by atoms with van der Waals surface area (Å²) in [5.74, 6) is -0.534. The lowest BCUT2D eigenvalue weighted by atomic mass is 9.90. The molecule has 32 heavy (non-hydrogen) atoms. The SMILES string of the molecule is CCCCCC/C=C/[C@H]1[C@H](OCCC)CC(=O)[C@@H]1C/C=C\CCC(OCCCC)C(=O)O. The average Bonchev–Trinajstić information content (AvgIpc) is 3.07. The number of carbonyl (C=O) groups is 2. The number of hydrogen-bond donors (Lipinski definition) is 1. The Balaban J connectivity index is 2.58. The van der Waals surface area contributed by atoms with Gasteiger partial charge in [0.1, 0.15) is 5.78 Å². The Kier molecular flexibility index (Phi) is 16.1. The van der Waals surface area contributed by atoms with Gasteiger partial charge in [-0.15, -0.1) is 0 Å². The van der Waals surface area contributed by atoms with E-state index in [1.165, 1.54) is 25.7 Å². The number of ether oxygens (including phenoxy) is 2. The van der Waals surface area contributed by atoms with Crippen LogP contribution in [0.1, 0.15) is 97.8 Å². The minimum Gasteiger partial charge on any atom is -0.479 e. The number of carboxylic acids is 1. The zero-order chi connectivity index (χ0) is 23.6. The number of carbonyl (C=O) groups excluding carboxylic acids is 1. The second-order valence-corrected chi connectivity index (χ2v) is 8.88. The summed E-state index contributed by atoms with van der Waals surface area (Å²) in [5, 5.41) is 9.31. The molecule has 0 radical (unpaired) electrons. The zero-order valence-corrected chi connectivity index (χ0v) is 20.6. The third kappa shape index (κ3) is 11.4. The van der Waals surface area contributed by atoms with Gasteiger partial charge in [0.25, 0.3) is 0 Å². The first kappa shape index (κ1) is 28.6. The van der Waals surface area contributed by atoms with Crippen LogP contribution in [0.15, 0.2) is 24.3 Å². The predicted molar refractivity (Wildman–Crippen MR) is 130 cm³/mol. The Morgan fingerprint density at radius 2 is 1.78 bits per heavy atom. The van der Waals surface area contributed by atoms with Crippen LogP contribution in [0.25, 0.3) is 0 Å². The third-order valence-electron chi connectivity index (χ3n) is 6.07. The van der Waals surface area contributed by atoms with Crippen LogP contribution in [0.4, 0.5) is 0 Å². The highest BCUT2D eigenvalue weighted by atomic mass is 16.5. The topological polar surface area (TPSA) is 72.8 Å². The summed E-state index contributed by atoms with van der Waals surface area (Å²) in [5.41, 5.74) is 0. The van der Waals surface area contributed by atoms with E-state index in [2.05, 4.69) is 32.9 Å². The monoisotopic (exact) mass is 450 g/mol. The molecule has 0 saturated heterocycles. The molecule has 1 rings (SSSR count). The van der Waals surface area contributed by atoms with Crippen molar-refractivity contribution in [2.24, 2.45) is 11.8 Å². The summed E-state index contributed by atoms with van der Waals surface area (Å²) in [6.07, 6.45) is 18.8. The molecule has 0 heterocycles. The quantitative estimate of drug-likeness (QED) is 0.179. The number of carboxylic acid groups (broad SMARTS) is 1. The lowest BCUT2D eigenvalue weighted by Crippen LogP contribution is -2.24. The molecule has 1 unspecified atom stereocenters. The number of Topliss-reactive ketones (excluding diaryl/α,β-unsaturated/α-hetero) is 1. The lowest BCUT2D eigenvalue weighted by molar-refractivity contribution is -0.150. The van der Waals surface area contributed by atoms with E-state index in [9.17, 15) is 14.7 Å². The maximum Gasteiger partial charge on any atom is 0.332 e. The van der Waals surface area contributed by atoms with Crippen molar-refractivity contribution in [1.29, 1.82) is 0 Å². The third-order valence-corrected chi connectivity index (χ3v) is 6.07. The molecule has 184 valence electrons. The van der Waals surface area contributed by atoms with Gasteiger partial charge >= 0.3 is 5.97 Å². The molecule has 1 aliphatic rings. The summed E-state index contributed by atoms with van der Waals surface area (Å²) < 4.78 is 11.5. The minimum absolute atomic E-state index is 0.0175. The van der Waals surface area contributed by atoms with Crippen molar-refractivity contribution < 1.29 is 24.2 Å². The largest absolute Gasteiger partial charge is 0.479 e. The first-order valence-corrected chi connectivity index (χ1v) is 12.8. The normalized spacial score (nSPS) is 22.3. The molecular weight excluding hydrogens is 404 g/mol. The molecule has 0 aromatic carbocycles. The van der Waals surface area contributed by atoms with Gasteiger partial charge in [0.15, 0.2) is 6.10 Å². The first-order valence-electron chi connectivity index (χ1n) is 12.8. The maximum atomic E-state index is 12.7. The van der Waals surface area contributed by atoms with Crippen molar-refractivity contribution in [2.75, 3.05) is 13.2 Å². The number of aliphatic carboxylic acids is 1. The smallest absolute Gasteiger partial charge is 0.332 e. The van der Waals surface area contributed by atoms with Gasteiger partial charge in [-0.05, 0) is 44.9 Å². The summed E-state index contributed by atoms with van der Waals surface area (Å²) in [4.78, 5) is 24.0. The number of unbranched alkanes of at least 4 members (excludes halogenated alkanes) is 5. The number of ketones is 1. The molecule has 0 bridgehead atoms. The van der Waals surface area contributed by atoms with E-state index in [0.29, 0.717) is 38.9 Å². The Hall–Kier alpha value is -1.46. The Bertz CT molecular complexity index is 568. The van der Waals surface area contributed by atoms with Gasteiger partial charge in [0, 0.05) is 31.5 Å². The lowest BCUT2D eigenvalue weighted by Gasteiger charge is -2.20. The summed E-state index contributed by atoms with van der Waals surface area (Å²) in [7, 11) is 0. The minimum atomic E-state index is -0.902. The van der Waals surface area contributed by atoms with Gasteiger partial charge < -0.3 is 14.6 Å². The van der Waals surface area contributed by atoms with Crippen LogP contribution in [0.2, 0.25) is 0 Å². The molecule has 1 fully saturated rings. The van der Waals surface area contributed by atoms with Crippen LogP contribution in [0, 0.1) is 11.8 Å². The zero-order valence-electron chi connectivity index (χ0n) is 20.6. The molecule has 5 nitrogen and oxygen atoms in total. The Labute approximate surface area is 195 Å². The van der Waals surface area contributed by atoms with E-state index in [-0.39, 0.29) is 23.7 Å².